The van der Waals surface area contributed by atoms with Gasteiger partial charge in [-0.15, -0.1) is 11.3 Å². The number of morpholine rings is 1. The molecule has 4 nitrogen and oxygen atoms in total. The summed E-state index contributed by atoms with van der Waals surface area (Å²) in [4.78, 5) is 12.5. The van der Waals surface area contributed by atoms with Gasteiger partial charge in [-0.25, -0.2) is 4.98 Å². The molecule has 0 radical (unpaired) electrons. The first-order valence-electron chi connectivity index (χ1n) is 7.26. The largest absolute Gasteiger partial charge is 0.375 e. The van der Waals surface area contributed by atoms with Crippen LogP contribution in [0.4, 0.5) is 0 Å². The average Bonchev–Trinajstić information content (AvgIpc) is 2.93. The molecule has 0 aromatic carbocycles. The third-order valence-electron chi connectivity index (χ3n) is 3.86. The molecule has 1 saturated heterocycles. The fourth-order valence-corrected chi connectivity index (χ4v) is 3.44. The summed E-state index contributed by atoms with van der Waals surface area (Å²) in [5.41, 5.74) is 1.16. The lowest BCUT2D eigenvalue weighted by Gasteiger charge is -2.44. The molecular formula is C16H21N3OS. The van der Waals surface area contributed by atoms with Crippen LogP contribution in [0.25, 0.3) is 10.6 Å². The highest BCUT2D eigenvalue weighted by Gasteiger charge is 2.33. The maximum Gasteiger partial charge on any atom is 0.125 e. The van der Waals surface area contributed by atoms with Gasteiger partial charge in [0.15, 0.2) is 0 Å². The fourth-order valence-electron chi connectivity index (χ4n) is 2.52. The predicted molar refractivity (Wildman–Crippen MR) is 85.2 cm³/mol. The summed E-state index contributed by atoms with van der Waals surface area (Å²) >= 11 is 1.75. The van der Waals surface area contributed by atoms with Gasteiger partial charge in [-0.05, 0) is 32.9 Å². The Kier molecular flexibility index (Phi) is 4.06. The Morgan fingerprint density at radius 1 is 1.43 bits per heavy atom. The van der Waals surface area contributed by atoms with Crippen LogP contribution in [-0.2, 0) is 11.3 Å². The van der Waals surface area contributed by atoms with Crippen molar-refractivity contribution in [3.63, 3.8) is 0 Å². The SMILES string of the molecule is CC1CN(Cc2cnc(-c3cccnc3)s2)C(C)(C)CO1. The van der Waals surface area contributed by atoms with Crippen LogP contribution >= 0.6 is 11.3 Å². The standard InChI is InChI=1S/C16H21N3OS/c1-12-9-19(16(2,3)11-20-12)10-14-8-18-15(21-14)13-5-4-6-17-7-13/h4-8,12H,9-11H2,1-3H3. The molecule has 5 heteroatoms. The van der Waals surface area contributed by atoms with Gasteiger partial charge in [0.1, 0.15) is 5.01 Å². The molecule has 2 aromatic heterocycles. The Hall–Kier alpha value is -1.30. The average molecular weight is 303 g/mol. The van der Waals surface area contributed by atoms with Gasteiger partial charge in [-0.1, -0.05) is 0 Å². The molecule has 2 aromatic rings. The lowest BCUT2D eigenvalue weighted by Crippen LogP contribution is -2.54. The number of pyridine rings is 1. The van der Waals surface area contributed by atoms with Crippen LogP contribution in [0, 0.1) is 0 Å². The highest BCUT2D eigenvalue weighted by atomic mass is 32.1. The normalized spacial score (nSPS) is 22.3. The molecule has 0 bridgehead atoms. The Morgan fingerprint density at radius 2 is 2.29 bits per heavy atom. The first-order chi connectivity index (χ1) is 10.0. The molecule has 3 heterocycles. The van der Waals surface area contributed by atoms with E-state index in [1.165, 1.54) is 4.88 Å². The molecule has 0 saturated carbocycles. The first kappa shape index (κ1) is 14.6. The number of rotatable bonds is 3. The topological polar surface area (TPSA) is 38.2 Å². The van der Waals surface area contributed by atoms with E-state index in [1.54, 1.807) is 17.5 Å². The lowest BCUT2D eigenvalue weighted by atomic mass is 10.0. The molecule has 1 fully saturated rings. The van der Waals surface area contributed by atoms with Gasteiger partial charge in [0.2, 0.25) is 0 Å². The monoisotopic (exact) mass is 303 g/mol. The van der Waals surface area contributed by atoms with E-state index in [1.807, 2.05) is 18.5 Å². The summed E-state index contributed by atoms with van der Waals surface area (Å²) in [7, 11) is 0. The molecule has 0 N–H and O–H groups in total. The molecule has 112 valence electrons. The zero-order valence-electron chi connectivity index (χ0n) is 12.7. The first-order valence-corrected chi connectivity index (χ1v) is 8.08. The van der Waals surface area contributed by atoms with Crippen molar-refractivity contribution < 1.29 is 4.74 Å². The minimum Gasteiger partial charge on any atom is -0.375 e. The number of hydrogen-bond acceptors (Lipinski definition) is 5. The maximum absolute atomic E-state index is 5.77. The maximum atomic E-state index is 5.77. The van der Waals surface area contributed by atoms with Gasteiger partial charge < -0.3 is 4.74 Å². The Labute approximate surface area is 129 Å². The second-order valence-corrected chi connectivity index (χ2v) is 7.30. The van der Waals surface area contributed by atoms with Crippen LogP contribution < -0.4 is 0 Å². The Morgan fingerprint density at radius 3 is 3.05 bits per heavy atom. The van der Waals surface area contributed by atoms with E-state index in [4.69, 9.17) is 4.74 Å². The van der Waals surface area contributed by atoms with Gasteiger partial charge in [0, 0.05) is 47.7 Å². The van der Waals surface area contributed by atoms with Crippen LogP contribution in [0.15, 0.2) is 30.7 Å². The number of hydrogen-bond donors (Lipinski definition) is 0. The molecule has 1 atom stereocenters. The highest BCUT2D eigenvalue weighted by molar-refractivity contribution is 7.15. The van der Waals surface area contributed by atoms with Gasteiger partial charge >= 0.3 is 0 Å². The van der Waals surface area contributed by atoms with E-state index in [0.717, 1.165) is 30.3 Å². The van der Waals surface area contributed by atoms with Crippen molar-refractivity contribution in [3.05, 3.63) is 35.6 Å². The summed E-state index contributed by atoms with van der Waals surface area (Å²) in [6.07, 6.45) is 5.94. The number of aromatic nitrogens is 2. The van der Waals surface area contributed by atoms with Crippen molar-refractivity contribution in [2.75, 3.05) is 13.2 Å². The molecule has 1 aliphatic rings. The van der Waals surface area contributed by atoms with E-state index >= 15 is 0 Å². The van der Waals surface area contributed by atoms with Crippen molar-refractivity contribution in [2.24, 2.45) is 0 Å². The van der Waals surface area contributed by atoms with Crippen molar-refractivity contribution in [2.45, 2.75) is 39.0 Å². The van der Waals surface area contributed by atoms with Crippen molar-refractivity contribution in [1.82, 2.24) is 14.9 Å². The van der Waals surface area contributed by atoms with E-state index in [2.05, 4.69) is 41.7 Å². The van der Waals surface area contributed by atoms with Crippen LogP contribution in [0.3, 0.4) is 0 Å². The van der Waals surface area contributed by atoms with E-state index in [0.29, 0.717) is 6.10 Å². The third-order valence-corrected chi connectivity index (χ3v) is 4.89. The smallest absolute Gasteiger partial charge is 0.125 e. The lowest BCUT2D eigenvalue weighted by molar-refractivity contribution is -0.0946. The van der Waals surface area contributed by atoms with E-state index < -0.39 is 0 Å². The summed E-state index contributed by atoms with van der Waals surface area (Å²) in [5, 5.41) is 1.04. The zero-order valence-corrected chi connectivity index (χ0v) is 13.6. The molecule has 1 unspecified atom stereocenters. The summed E-state index contributed by atoms with van der Waals surface area (Å²) in [6.45, 7) is 9.29. The minimum atomic E-state index is 0.0744. The zero-order chi connectivity index (χ0) is 14.9. The second-order valence-electron chi connectivity index (χ2n) is 6.19. The number of ether oxygens (including phenoxy) is 1. The van der Waals surface area contributed by atoms with Crippen molar-refractivity contribution >= 4 is 11.3 Å². The third kappa shape index (κ3) is 3.31. The summed E-state index contributed by atoms with van der Waals surface area (Å²) in [6, 6.07) is 4.00. The Balaban J connectivity index is 1.75. The van der Waals surface area contributed by atoms with Gasteiger partial charge in [-0.3, -0.25) is 9.88 Å². The molecule has 1 aliphatic heterocycles. The number of thiazole rings is 1. The van der Waals surface area contributed by atoms with Crippen molar-refractivity contribution in [1.29, 1.82) is 0 Å². The molecule has 0 spiro atoms. The van der Waals surface area contributed by atoms with Gasteiger partial charge in [-0.2, -0.15) is 0 Å². The molecule has 0 aliphatic carbocycles. The van der Waals surface area contributed by atoms with Gasteiger partial charge in [0.25, 0.3) is 0 Å². The van der Waals surface area contributed by atoms with E-state index in [-0.39, 0.29) is 5.54 Å². The van der Waals surface area contributed by atoms with Crippen LogP contribution in [-0.4, -0.2) is 39.7 Å². The molecule has 0 amide bonds. The number of nitrogens with zero attached hydrogens (tertiary/aromatic N) is 3. The molecular weight excluding hydrogens is 282 g/mol. The second kappa shape index (κ2) is 5.83. The fraction of sp³-hybridized carbons (Fsp3) is 0.500. The Bertz CT molecular complexity index is 597. The van der Waals surface area contributed by atoms with E-state index in [9.17, 15) is 0 Å². The molecule has 21 heavy (non-hydrogen) atoms. The van der Waals surface area contributed by atoms with Crippen LogP contribution in [0.1, 0.15) is 25.6 Å². The quantitative estimate of drug-likeness (QED) is 0.873. The van der Waals surface area contributed by atoms with Gasteiger partial charge in [0.05, 0.1) is 12.7 Å². The van der Waals surface area contributed by atoms with Crippen LogP contribution in [0.5, 0.6) is 0 Å². The highest BCUT2D eigenvalue weighted by Crippen LogP contribution is 2.29. The minimum absolute atomic E-state index is 0.0744. The van der Waals surface area contributed by atoms with Crippen molar-refractivity contribution in [3.8, 4) is 10.6 Å². The summed E-state index contributed by atoms with van der Waals surface area (Å²) < 4.78 is 5.77. The summed E-state index contributed by atoms with van der Waals surface area (Å²) in [5.74, 6) is 0. The molecule has 3 rings (SSSR count). The predicted octanol–water partition coefficient (Wildman–Crippen LogP) is 3.20. The van der Waals surface area contributed by atoms with Crippen LogP contribution in [0.2, 0.25) is 0 Å².